The molecule has 1 heterocycles. The molecule has 0 amide bonds. The molecular formula is C57H38N2O. The number of benzene rings is 10. The minimum absolute atomic E-state index is 0.636. The summed E-state index contributed by atoms with van der Waals surface area (Å²) in [6.07, 6.45) is 0. The first kappa shape index (κ1) is 35.2. The van der Waals surface area contributed by atoms with E-state index in [0.717, 1.165) is 55.6 Å². The fourth-order valence-electron chi connectivity index (χ4n) is 8.45. The van der Waals surface area contributed by atoms with Crippen LogP contribution in [0.2, 0.25) is 0 Å². The Labute approximate surface area is 349 Å². The highest BCUT2D eigenvalue weighted by molar-refractivity contribution is 6.05. The molecule has 0 spiro atoms. The number of anilines is 3. The van der Waals surface area contributed by atoms with Crippen LogP contribution in [-0.4, -0.2) is 4.98 Å². The molecule has 0 atom stereocenters. The van der Waals surface area contributed by atoms with Gasteiger partial charge >= 0.3 is 0 Å². The van der Waals surface area contributed by atoms with E-state index in [4.69, 9.17) is 9.40 Å². The van der Waals surface area contributed by atoms with Crippen molar-refractivity contribution in [1.29, 1.82) is 0 Å². The summed E-state index contributed by atoms with van der Waals surface area (Å²) in [5.74, 6) is 0.636. The van der Waals surface area contributed by atoms with Crippen LogP contribution in [0.4, 0.5) is 17.1 Å². The van der Waals surface area contributed by atoms with Gasteiger partial charge < -0.3 is 9.32 Å². The van der Waals surface area contributed by atoms with Crippen LogP contribution >= 0.6 is 0 Å². The molecule has 10 aromatic carbocycles. The van der Waals surface area contributed by atoms with E-state index in [0.29, 0.717) is 5.89 Å². The Morgan fingerprint density at radius 1 is 0.317 bits per heavy atom. The van der Waals surface area contributed by atoms with Crippen molar-refractivity contribution in [2.45, 2.75) is 0 Å². The molecule has 11 rings (SSSR count). The Hall–Kier alpha value is -8.01. The normalized spacial score (nSPS) is 11.3. The quantitative estimate of drug-likeness (QED) is 0.154. The summed E-state index contributed by atoms with van der Waals surface area (Å²) < 4.78 is 6.36. The van der Waals surface area contributed by atoms with E-state index in [1.54, 1.807) is 0 Å². The monoisotopic (exact) mass is 766 g/mol. The first-order valence-corrected chi connectivity index (χ1v) is 20.4. The van der Waals surface area contributed by atoms with Gasteiger partial charge in [0.2, 0.25) is 5.89 Å². The first-order chi connectivity index (χ1) is 29.7. The minimum Gasteiger partial charge on any atom is -0.435 e. The van der Waals surface area contributed by atoms with Crippen LogP contribution in [0.15, 0.2) is 235 Å². The summed E-state index contributed by atoms with van der Waals surface area (Å²) in [6.45, 7) is 0. The molecule has 0 aliphatic heterocycles. The molecule has 60 heavy (non-hydrogen) atoms. The minimum atomic E-state index is 0.636. The van der Waals surface area contributed by atoms with Crippen LogP contribution in [0.3, 0.4) is 0 Å². The lowest BCUT2D eigenvalue weighted by Crippen LogP contribution is -2.10. The molecule has 0 aliphatic carbocycles. The lowest BCUT2D eigenvalue weighted by atomic mass is 9.93. The summed E-state index contributed by atoms with van der Waals surface area (Å²) in [4.78, 5) is 7.16. The van der Waals surface area contributed by atoms with E-state index in [9.17, 15) is 0 Å². The van der Waals surface area contributed by atoms with Crippen molar-refractivity contribution in [3.8, 4) is 56.0 Å². The fraction of sp³-hybridized carbons (Fsp3) is 0. The van der Waals surface area contributed by atoms with Gasteiger partial charge in [-0.05, 0) is 133 Å². The van der Waals surface area contributed by atoms with Gasteiger partial charge in [-0.1, -0.05) is 158 Å². The number of hydrogen-bond acceptors (Lipinski definition) is 3. The van der Waals surface area contributed by atoms with E-state index in [1.165, 1.54) is 44.2 Å². The van der Waals surface area contributed by atoms with Crippen LogP contribution in [-0.2, 0) is 0 Å². The van der Waals surface area contributed by atoms with Crippen LogP contribution < -0.4 is 4.90 Å². The van der Waals surface area contributed by atoms with Gasteiger partial charge in [-0.3, -0.25) is 0 Å². The third-order valence-corrected chi connectivity index (χ3v) is 11.5. The third kappa shape index (κ3) is 6.58. The van der Waals surface area contributed by atoms with Gasteiger partial charge in [0.1, 0.15) is 5.52 Å². The number of rotatable bonds is 8. The van der Waals surface area contributed by atoms with Gasteiger partial charge in [0.05, 0.1) is 0 Å². The largest absolute Gasteiger partial charge is 0.435 e. The average molecular weight is 767 g/mol. The molecule has 11 aromatic rings. The second-order valence-corrected chi connectivity index (χ2v) is 15.2. The zero-order chi connectivity index (χ0) is 39.8. The Balaban J connectivity index is 0.967. The fourth-order valence-corrected chi connectivity index (χ4v) is 8.45. The predicted molar refractivity (Wildman–Crippen MR) is 251 cm³/mol. The van der Waals surface area contributed by atoms with Crippen molar-refractivity contribution in [3.05, 3.63) is 231 Å². The molecule has 0 saturated carbocycles. The van der Waals surface area contributed by atoms with Crippen LogP contribution in [0.1, 0.15) is 0 Å². The lowest BCUT2D eigenvalue weighted by Gasteiger charge is -2.27. The highest BCUT2D eigenvalue weighted by atomic mass is 16.3. The zero-order valence-corrected chi connectivity index (χ0v) is 32.7. The van der Waals surface area contributed by atoms with E-state index in [-0.39, 0.29) is 0 Å². The highest BCUT2D eigenvalue weighted by Gasteiger charge is 2.17. The van der Waals surface area contributed by atoms with E-state index in [1.807, 2.05) is 30.3 Å². The Kier molecular flexibility index (Phi) is 8.83. The summed E-state index contributed by atoms with van der Waals surface area (Å²) in [5.41, 5.74) is 15.4. The van der Waals surface area contributed by atoms with Gasteiger partial charge in [-0.25, -0.2) is 4.98 Å². The number of fused-ring (bicyclic) bond motifs is 4. The van der Waals surface area contributed by atoms with Crippen molar-refractivity contribution < 1.29 is 4.42 Å². The van der Waals surface area contributed by atoms with Crippen LogP contribution in [0, 0.1) is 0 Å². The summed E-state index contributed by atoms with van der Waals surface area (Å²) >= 11 is 0. The molecule has 0 aliphatic rings. The molecule has 0 bridgehead atoms. The number of aromatic nitrogens is 1. The summed E-state index contributed by atoms with van der Waals surface area (Å²) in [7, 11) is 0. The second kappa shape index (κ2) is 15.1. The highest BCUT2D eigenvalue weighted by Crippen LogP contribution is 2.41. The summed E-state index contributed by atoms with van der Waals surface area (Å²) in [6, 6.07) is 82.1. The van der Waals surface area contributed by atoms with Gasteiger partial charge in [-0.15, -0.1) is 0 Å². The van der Waals surface area contributed by atoms with Crippen molar-refractivity contribution in [3.63, 3.8) is 0 Å². The molecule has 1 aromatic heterocycles. The van der Waals surface area contributed by atoms with E-state index in [2.05, 4.69) is 205 Å². The maximum Gasteiger partial charge on any atom is 0.227 e. The van der Waals surface area contributed by atoms with Gasteiger partial charge in [0, 0.05) is 28.0 Å². The van der Waals surface area contributed by atoms with Gasteiger partial charge in [0.25, 0.3) is 0 Å². The van der Waals surface area contributed by atoms with Gasteiger partial charge in [-0.2, -0.15) is 0 Å². The molecule has 3 nitrogen and oxygen atoms in total. The number of hydrogen-bond donors (Lipinski definition) is 0. The van der Waals surface area contributed by atoms with Crippen LogP contribution in [0.25, 0.3) is 88.6 Å². The molecule has 0 N–H and O–H groups in total. The number of oxazole rings is 1. The first-order valence-electron chi connectivity index (χ1n) is 20.4. The smallest absolute Gasteiger partial charge is 0.227 e. The third-order valence-electron chi connectivity index (χ3n) is 11.5. The topological polar surface area (TPSA) is 29.3 Å². The van der Waals surface area contributed by atoms with Crippen LogP contribution in [0.5, 0.6) is 0 Å². The standard InChI is InChI=1S/C57H38N2O/c1-4-13-39(14-5-1)43-19-12-20-50(37-43)59(51-32-27-45-35-44(23-24-46(45)38-51)40-15-6-2-7-16-40)49-30-25-41(26-31-49)52-21-10-11-22-53(52)47-28-33-54-48(36-47)29-34-55-56(54)60-57(58-55)42-17-8-3-9-18-42/h1-38H. The van der Waals surface area contributed by atoms with Crippen molar-refractivity contribution in [2.24, 2.45) is 0 Å². The predicted octanol–water partition coefficient (Wildman–Crippen LogP) is 15.9. The van der Waals surface area contributed by atoms with Crippen molar-refractivity contribution >= 4 is 49.7 Å². The van der Waals surface area contributed by atoms with Crippen molar-refractivity contribution in [1.82, 2.24) is 4.98 Å². The lowest BCUT2D eigenvalue weighted by molar-refractivity contribution is 0.623. The van der Waals surface area contributed by atoms with Crippen molar-refractivity contribution in [2.75, 3.05) is 4.90 Å². The number of nitrogens with zero attached hydrogens (tertiary/aromatic N) is 2. The van der Waals surface area contributed by atoms with E-state index >= 15 is 0 Å². The Morgan fingerprint density at radius 3 is 1.57 bits per heavy atom. The molecular weight excluding hydrogens is 729 g/mol. The molecule has 3 heteroatoms. The van der Waals surface area contributed by atoms with E-state index < -0.39 is 0 Å². The maximum absolute atomic E-state index is 6.36. The summed E-state index contributed by atoms with van der Waals surface area (Å²) in [5, 5.41) is 4.56. The molecule has 0 radical (unpaired) electrons. The molecule has 282 valence electrons. The van der Waals surface area contributed by atoms with Gasteiger partial charge in [0.15, 0.2) is 5.58 Å². The maximum atomic E-state index is 6.36. The molecule has 0 saturated heterocycles. The molecule has 0 fully saturated rings. The Morgan fingerprint density at radius 2 is 0.833 bits per heavy atom. The average Bonchev–Trinajstić information content (AvgIpc) is 3.78. The SMILES string of the molecule is c1ccc(-c2cccc(N(c3ccc(-c4ccccc4-c4ccc5c(ccc6nc(-c7ccccc7)oc65)c4)cc3)c3ccc4cc(-c5ccccc5)ccc4c3)c2)cc1. The second-order valence-electron chi connectivity index (χ2n) is 15.2. The zero-order valence-electron chi connectivity index (χ0n) is 32.7. The molecule has 0 unspecified atom stereocenters. The Bertz CT molecular complexity index is 3300.